The van der Waals surface area contributed by atoms with Gasteiger partial charge in [0.25, 0.3) is 0 Å². The first kappa shape index (κ1) is 10.8. The lowest BCUT2D eigenvalue weighted by molar-refractivity contribution is 0.121. The third-order valence-corrected chi connectivity index (χ3v) is 5.16. The second-order valence-electron chi connectivity index (χ2n) is 4.86. The van der Waals surface area contributed by atoms with Gasteiger partial charge in [-0.05, 0) is 31.1 Å². The number of hydrogen-bond donors (Lipinski definition) is 1. The zero-order valence-corrected chi connectivity index (χ0v) is 10.1. The molecule has 0 aliphatic carbocycles. The molecule has 2 nitrogen and oxygen atoms in total. The van der Waals surface area contributed by atoms with Crippen molar-refractivity contribution in [2.75, 3.05) is 18.8 Å². The summed E-state index contributed by atoms with van der Waals surface area (Å²) in [4.78, 5) is 2.63. The minimum Gasteiger partial charge on any atom is -0.326 e. The predicted molar refractivity (Wildman–Crippen MR) is 63.7 cm³/mol. The van der Waals surface area contributed by atoms with E-state index in [0.29, 0.717) is 6.04 Å². The zero-order valence-electron chi connectivity index (χ0n) is 9.28. The molecule has 0 spiro atoms. The van der Waals surface area contributed by atoms with E-state index in [4.69, 9.17) is 5.73 Å². The second kappa shape index (κ2) is 4.42. The van der Waals surface area contributed by atoms with E-state index in [0.717, 1.165) is 23.8 Å². The fourth-order valence-corrected chi connectivity index (χ4v) is 3.91. The quantitative estimate of drug-likeness (QED) is 0.718. The summed E-state index contributed by atoms with van der Waals surface area (Å²) in [5, 5.41) is 0.815. The van der Waals surface area contributed by atoms with E-state index in [1.807, 2.05) is 0 Å². The molecule has 82 valence electrons. The van der Waals surface area contributed by atoms with E-state index >= 15 is 0 Å². The second-order valence-corrected chi connectivity index (χ2v) is 6.34. The van der Waals surface area contributed by atoms with Crippen molar-refractivity contribution in [3.05, 3.63) is 0 Å². The SMILES string of the molecule is CC1CCN(C2CCSC2C)CC1N. The van der Waals surface area contributed by atoms with Crippen LogP contribution in [-0.2, 0) is 0 Å². The van der Waals surface area contributed by atoms with Crippen molar-refractivity contribution in [3.63, 3.8) is 0 Å². The number of piperidine rings is 1. The Morgan fingerprint density at radius 3 is 2.64 bits per heavy atom. The minimum absolute atomic E-state index is 0.404. The highest BCUT2D eigenvalue weighted by molar-refractivity contribution is 8.00. The van der Waals surface area contributed by atoms with Crippen LogP contribution in [0.2, 0.25) is 0 Å². The van der Waals surface area contributed by atoms with E-state index < -0.39 is 0 Å². The lowest BCUT2D eigenvalue weighted by Crippen LogP contribution is -2.52. The maximum atomic E-state index is 6.13. The number of rotatable bonds is 1. The largest absolute Gasteiger partial charge is 0.326 e. The molecule has 4 atom stereocenters. The van der Waals surface area contributed by atoms with Gasteiger partial charge in [-0.25, -0.2) is 0 Å². The fourth-order valence-electron chi connectivity index (χ4n) is 2.63. The first-order chi connectivity index (χ1) is 6.68. The van der Waals surface area contributed by atoms with Crippen LogP contribution in [0, 0.1) is 5.92 Å². The normalized spacial score (nSPS) is 45.6. The van der Waals surface area contributed by atoms with Gasteiger partial charge in [-0.1, -0.05) is 13.8 Å². The highest BCUT2D eigenvalue weighted by Crippen LogP contribution is 2.32. The third kappa shape index (κ3) is 2.10. The van der Waals surface area contributed by atoms with E-state index in [9.17, 15) is 0 Å². The highest BCUT2D eigenvalue weighted by Gasteiger charge is 2.33. The lowest BCUT2D eigenvalue weighted by atomic mass is 9.92. The lowest BCUT2D eigenvalue weighted by Gasteiger charge is -2.39. The van der Waals surface area contributed by atoms with Crippen molar-refractivity contribution in [2.24, 2.45) is 11.7 Å². The van der Waals surface area contributed by atoms with Crippen LogP contribution in [-0.4, -0.2) is 41.1 Å². The molecule has 2 saturated heterocycles. The van der Waals surface area contributed by atoms with Crippen LogP contribution in [0.3, 0.4) is 0 Å². The van der Waals surface area contributed by atoms with Gasteiger partial charge in [0.1, 0.15) is 0 Å². The molecule has 2 N–H and O–H groups in total. The fraction of sp³-hybridized carbons (Fsp3) is 1.00. The van der Waals surface area contributed by atoms with Crippen molar-refractivity contribution in [2.45, 2.75) is 44.0 Å². The molecule has 2 aliphatic rings. The molecule has 2 heterocycles. The molecule has 0 aromatic heterocycles. The van der Waals surface area contributed by atoms with Gasteiger partial charge in [-0.3, -0.25) is 4.90 Å². The van der Waals surface area contributed by atoms with Crippen LogP contribution in [0.5, 0.6) is 0 Å². The molecule has 2 aliphatic heterocycles. The van der Waals surface area contributed by atoms with Crippen LogP contribution < -0.4 is 5.73 Å². The van der Waals surface area contributed by atoms with Crippen LogP contribution in [0.25, 0.3) is 0 Å². The number of hydrogen-bond acceptors (Lipinski definition) is 3. The monoisotopic (exact) mass is 214 g/mol. The average Bonchev–Trinajstić information content (AvgIpc) is 2.57. The summed E-state index contributed by atoms with van der Waals surface area (Å²) in [7, 11) is 0. The Hall–Kier alpha value is 0.270. The Kier molecular flexibility index (Phi) is 3.40. The summed E-state index contributed by atoms with van der Waals surface area (Å²) >= 11 is 2.12. The van der Waals surface area contributed by atoms with Crippen molar-refractivity contribution in [1.82, 2.24) is 4.90 Å². The van der Waals surface area contributed by atoms with E-state index in [2.05, 4.69) is 30.5 Å². The van der Waals surface area contributed by atoms with Gasteiger partial charge in [0.2, 0.25) is 0 Å². The topological polar surface area (TPSA) is 29.3 Å². The molecule has 14 heavy (non-hydrogen) atoms. The van der Waals surface area contributed by atoms with Gasteiger partial charge in [-0.2, -0.15) is 11.8 Å². The maximum Gasteiger partial charge on any atom is 0.0220 e. The summed E-state index contributed by atoms with van der Waals surface area (Å²) in [6.45, 7) is 7.04. The van der Waals surface area contributed by atoms with Crippen molar-refractivity contribution < 1.29 is 0 Å². The Morgan fingerprint density at radius 1 is 1.29 bits per heavy atom. The molecule has 3 heteroatoms. The molecule has 0 saturated carbocycles. The maximum absolute atomic E-state index is 6.13. The first-order valence-corrected chi connectivity index (χ1v) is 6.84. The Balaban J connectivity index is 1.92. The van der Waals surface area contributed by atoms with Crippen LogP contribution in [0.1, 0.15) is 26.7 Å². The summed E-state index contributed by atoms with van der Waals surface area (Å²) in [5.74, 6) is 2.06. The molecular weight excluding hydrogens is 192 g/mol. The van der Waals surface area contributed by atoms with Gasteiger partial charge >= 0.3 is 0 Å². The van der Waals surface area contributed by atoms with E-state index in [-0.39, 0.29) is 0 Å². The third-order valence-electron chi connectivity index (χ3n) is 3.85. The van der Waals surface area contributed by atoms with Crippen molar-refractivity contribution in [3.8, 4) is 0 Å². The van der Waals surface area contributed by atoms with Crippen molar-refractivity contribution >= 4 is 11.8 Å². The summed E-state index contributed by atoms with van der Waals surface area (Å²) < 4.78 is 0. The summed E-state index contributed by atoms with van der Waals surface area (Å²) in [6, 6.07) is 1.21. The molecule has 4 unspecified atom stereocenters. The first-order valence-electron chi connectivity index (χ1n) is 5.79. The van der Waals surface area contributed by atoms with Gasteiger partial charge in [-0.15, -0.1) is 0 Å². The number of nitrogens with zero attached hydrogens (tertiary/aromatic N) is 1. The van der Waals surface area contributed by atoms with Crippen LogP contribution in [0.4, 0.5) is 0 Å². The molecular formula is C11H22N2S. The summed E-state index contributed by atoms with van der Waals surface area (Å²) in [5.41, 5.74) is 6.13. The number of thioether (sulfide) groups is 1. The zero-order chi connectivity index (χ0) is 10.1. The van der Waals surface area contributed by atoms with E-state index in [1.54, 1.807) is 0 Å². The standard InChI is InChI=1S/C11H22N2S/c1-8-3-5-13(7-10(8)12)11-4-6-14-9(11)2/h8-11H,3-7,12H2,1-2H3. The molecule has 0 radical (unpaired) electrons. The number of nitrogens with two attached hydrogens (primary N) is 1. The number of likely N-dealkylation sites (tertiary alicyclic amines) is 1. The smallest absolute Gasteiger partial charge is 0.0220 e. The van der Waals surface area contributed by atoms with E-state index in [1.165, 1.54) is 25.1 Å². The Morgan fingerprint density at radius 2 is 2.07 bits per heavy atom. The minimum atomic E-state index is 0.404. The van der Waals surface area contributed by atoms with Crippen molar-refractivity contribution in [1.29, 1.82) is 0 Å². The molecule has 2 fully saturated rings. The van der Waals surface area contributed by atoms with Gasteiger partial charge < -0.3 is 5.73 Å². The molecule has 0 bridgehead atoms. The average molecular weight is 214 g/mol. The highest BCUT2D eigenvalue weighted by atomic mass is 32.2. The molecule has 0 aromatic rings. The van der Waals surface area contributed by atoms with Gasteiger partial charge in [0.15, 0.2) is 0 Å². The van der Waals surface area contributed by atoms with Gasteiger partial charge in [0, 0.05) is 23.9 Å². The van der Waals surface area contributed by atoms with Crippen LogP contribution >= 0.6 is 11.8 Å². The Bertz CT molecular complexity index is 198. The molecule has 0 amide bonds. The Labute approximate surface area is 91.6 Å². The molecule has 2 rings (SSSR count). The van der Waals surface area contributed by atoms with Crippen LogP contribution in [0.15, 0.2) is 0 Å². The summed E-state index contributed by atoms with van der Waals surface area (Å²) in [6.07, 6.45) is 2.65. The van der Waals surface area contributed by atoms with Gasteiger partial charge in [0.05, 0.1) is 0 Å². The predicted octanol–water partition coefficient (Wildman–Crippen LogP) is 1.55. The molecule has 0 aromatic carbocycles.